The summed E-state index contributed by atoms with van der Waals surface area (Å²) in [5, 5.41) is 72.1. The molecule has 2 heterocycles. The molecule has 0 amide bonds. The zero-order valence-electron chi connectivity index (χ0n) is 41.3. The minimum absolute atomic E-state index is 0.140. The van der Waals surface area contributed by atoms with Crippen LogP contribution in [0.2, 0.25) is 0 Å². The lowest BCUT2D eigenvalue weighted by atomic mass is 9.98. The summed E-state index contributed by atoms with van der Waals surface area (Å²) in [4.78, 5) is 25.7. The maximum atomic E-state index is 13.0. The second-order valence-corrected chi connectivity index (χ2v) is 18.0. The molecule has 0 radical (unpaired) electrons. The summed E-state index contributed by atoms with van der Waals surface area (Å²) >= 11 is 0. The molecule has 11 atom stereocenters. The first kappa shape index (κ1) is 61.3. The standard InChI is InChI=1S/C53H90O15/c1-3-5-7-9-11-13-15-17-19-20-22-23-25-27-29-31-33-35-44(55)63-38-41(66-45(56)36-34-32-30-28-26-24-21-18-16-14-12-10-8-6-4-2)39-64-52-51(62)49(60)47(58)43(68-52)40-65-53-50(61)48(59)46(57)42(37-54)67-53/h10-13,17,19,22-23,27,29,41-43,46-54,57-62H,3-9,14-16,18,20-21,24-26,28,30-40H2,1-2H3/b12-10+,13-11+,19-17+,23-22+,29-27+/t41-,42+,43+,46-,47-,48?,49?,50?,51?,52+,53+/m0/s1. The van der Waals surface area contributed by atoms with Gasteiger partial charge in [-0.05, 0) is 70.6 Å². The van der Waals surface area contributed by atoms with Crippen LogP contribution in [0.3, 0.4) is 0 Å². The number of hydrogen-bond donors (Lipinski definition) is 7. The Labute approximate surface area is 407 Å². The smallest absolute Gasteiger partial charge is 0.306 e. The lowest BCUT2D eigenvalue weighted by Gasteiger charge is -2.42. The van der Waals surface area contributed by atoms with Crippen LogP contribution in [0.5, 0.6) is 0 Å². The molecule has 7 N–H and O–H groups in total. The molecule has 0 bridgehead atoms. The van der Waals surface area contributed by atoms with Gasteiger partial charge in [0.15, 0.2) is 18.7 Å². The fourth-order valence-corrected chi connectivity index (χ4v) is 7.66. The molecule has 2 fully saturated rings. The number of aliphatic hydroxyl groups excluding tert-OH is 7. The van der Waals surface area contributed by atoms with E-state index >= 15 is 0 Å². The summed E-state index contributed by atoms with van der Waals surface area (Å²) in [6, 6.07) is 0. The van der Waals surface area contributed by atoms with Gasteiger partial charge in [0.05, 0.1) is 19.8 Å². The van der Waals surface area contributed by atoms with Crippen molar-refractivity contribution in [3.8, 4) is 0 Å². The second kappa shape index (κ2) is 39.9. The van der Waals surface area contributed by atoms with Gasteiger partial charge in [-0.3, -0.25) is 9.59 Å². The van der Waals surface area contributed by atoms with Gasteiger partial charge in [-0.2, -0.15) is 0 Å². The zero-order valence-corrected chi connectivity index (χ0v) is 41.3. The lowest BCUT2D eigenvalue weighted by Crippen LogP contribution is -2.61. The first-order valence-electron chi connectivity index (χ1n) is 25.9. The van der Waals surface area contributed by atoms with Gasteiger partial charge in [-0.15, -0.1) is 0 Å². The van der Waals surface area contributed by atoms with Crippen LogP contribution in [-0.4, -0.2) is 142 Å². The summed E-state index contributed by atoms with van der Waals surface area (Å²) in [5.41, 5.74) is 0. The van der Waals surface area contributed by atoms with Crippen molar-refractivity contribution in [2.24, 2.45) is 0 Å². The fourth-order valence-electron chi connectivity index (χ4n) is 7.66. The maximum absolute atomic E-state index is 13.0. The van der Waals surface area contributed by atoms with Crippen molar-refractivity contribution < 1.29 is 73.8 Å². The first-order valence-corrected chi connectivity index (χ1v) is 25.9. The van der Waals surface area contributed by atoms with Gasteiger partial charge in [-0.25, -0.2) is 0 Å². The summed E-state index contributed by atoms with van der Waals surface area (Å²) in [6.07, 6.45) is 28.2. The van der Waals surface area contributed by atoms with Crippen LogP contribution in [0.4, 0.5) is 0 Å². The van der Waals surface area contributed by atoms with Gasteiger partial charge in [0.1, 0.15) is 55.4 Å². The molecular weight excluding hydrogens is 877 g/mol. The van der Waals surface area contributed by atoms with E-state index in [1.54, 1.807) is 0 Å². The third-order valence-electron chi connectivity index (χ3n) is 12.0. The Morgan fingerprint density at radius 3 is 1.49 bits per heavy atom. The van der Waals surface area contributed by atoms with Gasteiger partial charge in [0.2, 0.25) is 0 Å². The Morgan fingerprint density at radius 1 is 0.471 bits per heavy atom. The third-order valence-corrected chi connectivity index (χ3v) is 12.0. The van der Waals surface area contributed by atoms with E-state index in [2.05, 4.69) is 68.5 Å². The van der Waals surface area contributed by atoms with Gasteiger partial charge < -0.3 is 64.2 Å². The Balaban J connectivity index is 1.84. The summed E-state index contributed by atoms with van der Waals surface area (Å²) in [7, 11) is 0. The van der Waals surface area contributed by atoms with Crippen molar-refractivity contribution >= 4 is 11.9 Å². The Hall–Kier alpha value is -2.80. The molecule has 0 spiro atoms. The topological polar surface area (TPSA) is 231 Å². The minimum atomic E-state index is -1.77. The summed E-state index contributed by atoms with van der Waals surface area (Å²) in [6.45, 7) is 2.46. The molecule has 0 aromatic carbocycles. The Kier molecular flexibility index (Phi) is 36.0. The molecule has 2 aliphatic heterocycles. The Morgan fingerprint density at radius 2 is 0.912 bits per heavy atom. The summed E-state index contributed by atoms with van der Waals surface area (Å²) < 4.78 is 33.5. The highest BCUT2D eigenvalue weighted by Crippen LogP contribution is 2.26. The monoisotopic (exact) mass is 967 g/mol. The van der Waals surface area contributed by atoms with E-state index in [1.165, 1.54) is 64.2 Å². The number of allylic oxidation sites excluding steroid dienone is 10. The second-order valence-electron chi connectivity index (χ2n) is 18.0. The summed E-state index contributed by atoms with van der Waals surface area (Å²) in [5.74, 6) is -0.996. The van der Waals surface area contributed by atoms with E-state index in [4.69, 9.17) is 28.4 Å². The lowest BCUT2D eigenvalue weighted by molar-refractivity contribution is -0.332. The van der Waals surface area contributed by atoms with E-state index in [9.17, 15) is 45.3 Å². The van der Waals surface area contributed by atoms with Crippen molar-refractivity contribution in [1.29, 1.82) is 0 Å². The van der Waals surface area contributed by atoms with E-state index in [-0.39, 0.29) is 19.4 Å². The van der Waals surface area contributed by atoms with Crippen LogP contribution < -0.4 is 0 Å². The molecule has 4 unspecified atom stereocenters. The number of carbonyl (C=O) groups is 2. The predicted molar refractivity (Wildman–Crippen MR) is 261 cm³/mol. The normalized spacial score (nSPS) is 26.2. The van der Waals surface area contributed by atoms with Gasteiger partial charge in [-0.1, -0.05) is 145 Å². The molecule has 0 aliphatic carbocycles. The van der Waals surface area contributed by atoms with Crippen molar-refractivity contribution in [3.05, 3.63) is 60.8 Å². The number of rotatable bonds is 39. The number of esters is 2. The van der Waals surface area contributed by atoms with Crippen molar-refractivity contribution in [2.45, 2.75) is 235 Å². The molecule has 68 heavy (non-hydrogen) atoms. The number of ether oxygens (including phenoxy) is 6. The van der Waals surface area contributed by atoms with Crippen LogP contribution in [-0.2, 0) is 38.0 Å². The highest BCUT2D eigenvalue weighted by atomic mass is 16.7. The van der Waals surface area contributed by atoms with Gasteiger partial charge in [0.25, 0.3) is 0 Å². The van der Waals surface area contributed by atoms with Gasteiger partial charge in [0, 0.05) is 12.8 Å². The molecule has 2 aliphatic rings. The fraction of sp³-hybridized carbons (Fsp3) is 0.774. The molecule has 0 aromatic rings. The van der Waals surface area contributed by atoms with E-state index < -0.39 is 99.3 Å². The van der Waals surface area contributed by atoms with Crippen LogP contribution >= 0.6 is 0 Å². The molecule has 15 nitrogen and oxygen atoms in total. The third kappa shape index (κ3) is 27.6. The van der Waals surface area contributed by atoms with Crippen LogP contribution in [0, 0.1) is 0 Å². The van der Waals surface area contributed by atoms with Gasteiger partial charge >= 0.3 is 11.9 Å². The molecule has 15 heteroatoms. The van der Waals surface area contributed by atoms with Crippen molar-refractivity contribution in [1.82, 2.24) is 0 Å². The molecule has 0 aromatic heterocycles. The highest BCUT2D eigenvalue weighted by molar-refractivity contribution is 5.70. The number of unbranched alkanes of at least 4 members (excludes halogenated alkanes) is 15. The Bertz CT molecular complexity index is 1420. The molecule has 392 valence electrons. The minimum Gasteiger partial charge on any atom is -0.462 e. The van der Waals surface area contributed by atoms with E-state index in [0.29, 0.717) is 19.3 Å². The molecule has 2 rings (SSSR count). The van der Waals surface area contributed by atoms with E-state index in [0.717, 1.165) is 57.8 Å². The maximum Gasteiger partial charge on any atom is 0.306 e. The van der Waals surface area contributed by atoms with Crippen molar-refractivity contribution in [3.63, 3.8) is 0 Å². The largest absolute Gasteiger partial charge is 0.462 e. The molecular formula is C53H90O15. The van der Waals surface area contributed by atoms with Crippen LogP contribution in [0.15, 0.2) is 60.8 Å². The van der Waals surface area contributed by atoms with Crippen LogP contribution in [0.1, 0.15) is 168 Å². The number of aliphatic hydroxyl groups is 7. The average molecular weight is 967 g/mol. The molecule has 0 saturated carbocycles. The average Bonchev–Trinajstić information content (AvgIpc) is 3.33. The zero-order chi connectivity index (χ0) is 49.6. The van der Waals surface area contributed by atoms with Crippen molar-refractivity contribution in [2.75, 3.05) is 26.4 Å². The first-order chi connectivity index (χ1) is 33.0. The van der Waals surface area contributed by atoms with Crippen LogP contribution in [0.25, 0.3) is 0 Å². The predicted octanol–water partition coefficient (Wildman–Crippen LogP) is 7.27. The quantitative estimate of drug-likeness (QED) is 0.0183. The SMILES string of the molecule is CCCC/C=C/CCCCCCCCCCCC(=O)O[C@@H](COC(=O)CCC/C=C/C/C=C/C/C=C/C/C=C/CCCCC)CO[C@@H]1O[C@H](CO[C@@H]2O[C@H](CO)[C@H](O)C(O)C2O)[C@H](O)C(O)C1O. The number of carbonyl (C=O) groups excluding carboxylic acids is 2. The highest BCUT2D eigenvalue weighted by Gasteiger charge is 2.47. The van der Waals surface area contributed by atoms with E-state index in [1.807, 2.05) is 6.08 Å². The number of hydrogen-bond acceptors (Lipinski definition) is 15. The molecule has 2 saturated heterocycles.